The van der Waals surface area contributed by atoms with Crippen molar-refractivity contribution in [2.45, 2.75) is 25.3 Å². The van der Waals surface area contributed by atoms with Crippen LogP contribution in [0.3, 0.4) is 0 Å². The number of allylic oxidation sites excluding steroid dienone is 2. The molecule has 1 aliphatic heterocycles. The third-order valence-electron chi connectivity index (χ3n) is 5.19. The zero-order valence-corrected chi connectivity index (χ0v) is 15.7. The van der Waals surface area contributed by atoms with Crippen LogP contribution in [0.2, 0.25) is 0 Å². The summed E-state index contributed by atoms with van der Waals surface area (Å²) in [5.41, 5.74) is 1.08. The summed E-state index contributed by atoms with van der Waals surface area (Å²) in [7, 11) is 0. The van der Waals surface area contributed by atoms with Gasteiger partial charge in [-0.3, -0.25) is 4.79 Å². The lowest BCUT2D eigenvalue weighted by atomic mass is 9.77. The average Bonchev–Trinajstić information content (AvgIpc) is 3.27. The fraction of sp³-hybridized carbons (Fsp3) is 0.250. The van der Waals surface area contributed by atoms with Crippen LogP contribution in [-0.4, -0.2) is 20.5 Å². The highest BCUT2D eigenvalue weighted by atomic mass is 32.1. The third-order valence-corrected chi connectivity index (χ3v) is 6.20. The van der Waals surface area contributed by atoms with Crippen molar-refractivity contribution in [3.63, 3.8) is 0 Å². The highest BCUT2D eigenvalue weighted by Crippen LogP contribution is 2.44. The van der Waals surface area contributed by atoms with Gasteiger partial charge in [0.25, 0.3) is 0 Å². The molecule has 0 fully saturated rings. The van der Waals surface area contributed by atoms with Crippen LogP contribution in [0.25, 0.3) is 0 Å². The maximum atomic E-state index is 13.9. The number of fused-ring (bicyclic) bond motifs is 2. The summed E-state index contributed by atoms with van der Waals surface area (Å²) in [5, 5.41) is 9.58. The van der Waals surface area contributed by atoms with Crippen LogP contribution >= 0.6 is 11.3 Å². The first-order valence-electron chi connectivity index (χ1n) is 8.93. The van der Waals surface area contributed by atoms with E-state index in [4.69, 9.17) is 0 Å². The van der Waals surface area contributed by atoms with Crippen LogP contribution in [0.15, 0.2) is 47.5 Å². The molecule has 5 rings (SSSR count). The maximum Gasteiger partial charge on any atom is 0.226 e. The number of ketones is 1. The first-order chi connectivity index (χ1) is 13.5. The van der Waals surface area contributed by atoms with E-state index in [2.05, 4.69) is 15.4 Å². The molecule has 1 aromatic carbocycles. The van der Waals surface area contributed by atoms with Gasteiger partial charge in [0, 0.05) is 29.0 Å². The van der Waals surface area contributed by atoms with Crippen LogP contribution in [0.4, 0.5) is 14.7 Å². The number of nitrogens with one attached hydrogen (secondary N) is 1. The molecule has 3 heterocycles. The molecule has 0 bridgehead atoms. The number of rotatable bonds is 2. The number of aromatic nitrogens is 3. The third kappa shape index (κ3) is 2.75. The summed E-state index contributed by atoms with van der Waals surface area (Å²) in [6, 6.07) is 6.67. The molecule has 3 atom stereocenters. The van der Waals surface area contributed by atoms with E-state index < -0.39 is 23.6 Å². The standard InChI is InChI=1S/C20H16F2N4OS/c1-10-23-20-24-15-7-11(17-3-2-4-28-17)8-16(27)18(15)19(26(20)25-10)12-5-13(21)9-14(22)6-12/h2-7,9,11,18-19H,8H2,1H3,(H,23,24,25)/t11-,18+,19+/m1/s1. The lowest BCUT2D eigenvalue weighted by Gasteiger charge is -2.37. The largest absolute Gasteiger partial charge is 0.328 e. The van der Waals surface area contributed by atoms with Gasteiger partial charge >= 0.3 is 0 Å². The van der Waals surface area contributed by atoms with Crippen molar-refractivity contribution >= 4 is 23.1 Å². The van der Waals surface area contributed by atoms with Gasteiger partial charge in [-0.2, -0.15) is 10.1 Å². The molecule has 0 saturated carbocycles. The lowest BCUT2D eigenvalue weighted by molar-refractivity contribution is -0.123. The fourth-order valence-corrected chi connectivity index (χ4v) is 4.90. The van der Waals surface area contributed by atoms with Gasteiger partial charge in [-0.05, 0) is 36.1 Å². The van der Waals surface area contributed by atoms with Crippen LogP contribution < -0.4 is 5.32 Å². The second kappa shape index (κ2) is 6.34. The summed E-state index contributed by atoms with van der Waals surface area (Å²) in [6.45, 7) is 1.74. The van der Waals surface area contributed by atoms with Gasteiger partial charge in [-0.25, -0.2) is 13.5 Å². The second-order valence-electron chi connectivity index (χ2n) is 7.09. The van der Waals surface area contributed by atoms with Crippen molar-refractivity contribution in [3.8, 4) is 0 Å². The predicted molar refractivity (Wildman–Crippen MR) is 101 cm³/mol. The van der Waals surface area contributed by atoms with Gasteiger partial charge in [-0.1, -0.05) is 12.1 Å². The number of hydrogen-bond donors (Lipinski definition) is 1. The predicted octanol–water partition coefficient (Wildman–Crippen LogP) is 4.20. The summed E-state index contributed by atoms with van der Waals surface area (Å²) in [5.74, 6) is -0.982. The smallest absolute Gasteiger partial charge is 0.226 e. The van der Waals surface area contributed by atoms with Gasteiger partial charge in [0.05, 0.1) is 12.0 Å². The minimum Gasteiger partial charge on any atom is -0.328 e. The lowest BCUT2D eigenvalue weighted by Crippen LogP contribution is -2.40. The van der Waals surface area contributed by atoms with Gasteiger partial charge in [-0.15, -0.1) is 11.3 Å². The summed E-state index contributed by atoms with van der Waals surface area (Å²) < 4.78 is 29.4. The van der Waals surface area contributed by atoms with Gasteiger partial charge in [0.15, 0.2) is 0 Å². The zero-order chi connectivity index (χ0) is 19.4. The Bertz CT molecular complexity index is 1090. The van der Waals surface area contributed by atoms with E-state index in [1.165, 1.54) is 12.1 Å². The second-order valence-corrected chi connectivity index (χ2v) is 8.07. The normalized spacial score (nSPS) is 23.6. The number of hydrogen-bond acceptors (Lipinski definition) is 5. The fourth-order valence-electron chi connectivity index (χ4n) is 4.11. The monoisotopic (exact) mass is 398 g/mol. The molecule has 0 spiro atoms. The topological polar surface area (TPSA) is 59.8 Å². The van der Waals surface area contributed by atoms with E-state index in [0.717, 1.165) is 10.9 Å². The number of thiophene rings is 1. The number of nitrogens with zero attached hydrogens (tertiary/aromatic N) is 3. The Labute approximate surface area is 163 Å². The molecule has 0 unspecified atom stereocenters. The zero-order valence-electron chi connectivity index (χ0n) is 14.9. The summed E-state index contributed by atoms with van der Waals surface area (Å²) in [4.78, 5) is 18.7. The highest BCUT2D eigenvalue weighted by molar-refractivity contribution is 7.10. The number of Topliss-reactive ketones (excluding diaryl/α,β-unsaturated/α-hetero) is 1. The Morgan fingerprint density at radius 3 is 2.75 bits per heavy atom. The molecular weight excluding hydrogens is 382 g/mol. The van der Waals surface area contributed by atoms with Crippen molar-refractivity contribution in [3.05, 3.63) is 75.4 Å². The van der Waals surface area contributed by atoms with Gasteiger partial charge < -0.3 is 5.32 Å². The number of carbonyl (C=O) groups is 1. The van der Waals surface area contributed by atoms with Gasteiger partial charge in [0.2, 0.25) is 5.95 Å². The van der Waals surface area contributed by atoms with Crippen molar-refractivity contribution in [1.82, 2.24) is 14.8 Å². The summed E-state index contributed by atoms with van der Waals surface area (Å²) in [6.07, 6.45) is 2.38. The number of carbonyl (C=O) groups excluding carboxylic acids is 1. The molecule has 1 N–H and O–H groups in total. The van der Waals surface area contributed by atoms with E-state index in [0.29, 0.717) is 29.5 Å². The SMILES string of the molecule is Cc1nc2n(n1)[C@@H](c1cc(F)cc(F)c1)[C@@H]1C(=O)C[C@H](c3cccs3)C=C1N2. The number of anilines is 1. The van der Waals surface area contributed by atoms with E-state index >= 15 is 0 Å². The first-order valence-corrected chi connectivity index (χ1v) is 9.81. The van der Waals surface area contributed by atoms with Crippen molar-refractivity contribution < 1.29 is 13.6 Å². The first kappa shape index (κ1) is 17.2. The number of aryl methyl sites for hydroxylation is 1. The van der Waals surface area contributed by atoms with Gasteiger partial charge in [0.1, 0.15) is 23.2 Å². The van der Waals surface area contributed by atoms with Crippen molar-refractivity contribution in [2.75, 3.05) is 5.32 Å². The molecule has 3 aromatic rings. The molecule has 0 radical (unpaired) electrons. The minimum absolute atomic E-state index is 0.0110. The Morgan fingerprint density at radius 1 is 1.25 bits per heavy atom. The van der Waals surface area contributed by atoms with Crippen molar-refractivity contribution in [1.29, 1.82) is 0 Å². The Balaban J connectivity index is 1.67. The Hall–Kier alpha value is -2.87. The molecule has 2 aromatic heterocycles. The average molecular weight is 398 g/mol. The number of benzene rings is 1. The molecule has 142 valence electrons. The molecule has 28 heavy (non-hydrogen) atoms. The van der Waals surface area contributed by atoms with Crippen LogP contribution in [0, 0.1) is 24.5 Å². The molecule has 8 heteroatoms. The summed E-state index contributed by atoms with van der Waals surface area (Å²) >= 11 is 1.60. The van der Waals surface area contributed by atoms with E-state index in [-0.39, 0.29) is 11.7 Å². The van der Waals surface area contributed by atoms with Crippen LogP contribution in [0.5, 0.6) is 0 Å². The molecular formula is C20H16F2N4OS. The molecule has 2 aliphatic rings. The Morgan fingerprint density at radius 2 is 2.04 bits per heavy atom. The minimum atomic E-state index is -0.683. The quantitative estimate of drug-likeness (QED) is 0.703. The molecule has 0 amide bonds. The highest BCUT2D eigenvalue weighted by Gasteiger charge is 2.43. The van der Waals surface area contributed by atoms with E-state index in [1.807, 2.05) is 23.6 Å². The van der Waals surface area contributed by atoms with E-state index in [1.54, 1.807) is 22.9 Å². The van der Waals surface area contributed by atoms with E-state index in [9.17, 15) is 13.6 Å². The molecule has 1 aliphatic carbocycles. The Kier molecular flexibility index (Phi) is 3.90. The van der Waals surface area contributed by atoms with Crippen molar-refractivity contribution in [2.24, 2.45) is 5.92 Å². The van der Waals surface area contributed by atoms with Crippen LogP contribution in [-0.2, 0) is 4.79 Å². The van der Waals surface area contributed by atoms with Crippen LogP contribution in [0.1, 0.15) is 34.6 Å². The number of halogens is 2. The molecule has 0 saturated heterocycles. The maximum absolute atomic E-state index is 13.9. The molecule has 5 nitrogen and oxygen atoms in total.